The Morgan fingerprint density at radius 2 is 1.60 bits per heavy atom. The summed E-state index contributed by atoms with van der Waals surface area (Å²) in [5, 5.41) is 0. The van der Waals surface area contributed by atoms with Crippen LogP contribution in [0.5, 0.6) is 0 Å². The van der Waals surface area contributed by atoms with Gasteiger partial charge in [-0.3, -0.25) is 9.80 Å². The predicted molar refractivity (Wildman–Crippen MR) is 86.1 cm³/mol. The molecule has 112 valence electrons. The zero-order valence-corrected chi connectivity index (χ0v) is 13.4. The minimum absolute atomic E-state index is 0.509. The number of aryl methyl sites for hydroxylation is 3. The van der Waals surface area contributed by atoms with E-state index in [1.165, 1.54) is 22.3 Å². The van der Waals surface area contributed by atoms with E-state index in [1.807, 2.05) is 0 Å². The van der Waals surface area contributed by atoms with Gasteiger partial charge in [0, 0.05) is 45.3 Å². The van der Waals surface area contributed by atoms with E-state index in [0.29, 0.717) is 6.04 Å². The molecule has 0 amide bonds. The van der Waals surface area contributed by atoms with Gasteiger partial charge in [0.05, 0.1) is 0 Å². The molecule has 0 aliphatic carbocycles. The Morgan fingerprint density at radius 3 is 2.20 bits per heavy atom. The fourth-order valence-corrected chi connectivity index (χ4v) is 3.19. The van der Waals surface area contributed by atoms with E-state index in [4.69, 9.17) is 5.73 Å². The largest absolute Gasteiger partial charge is 0.329 e. The molecule has 3 nitrogen and oxygen atoms in total. The Hall–Kier alpha value is -0.900. The smallest absolute Gasteiger partial charge is 0.0323 e. The molecule has 3 heteroatoms. The third-order valence-electron chi connectivity index (χ3n) is 4.73. The van der Waals surface area contributed by atoms with Crippen LogP contribution in [0.2, 0.25) is 0 Å². The summed E-state index contributed by atoms with van der Waals surface area (Å²) in [7, 11) is 0. The molecule has 1 heterocycles. The highest BCUT2D eigenvalue weighted by Crippen LogP contribution is 2.26. The first-order chi connectivity index (χ1) is 9.52. The minimum Gasteiger partial charge on any atom is -0.329 e. The zero-order chi connectivity index (χ0) is 14.7. The number of nitrogens with zero attached hydrogens (tertiary/aromatic N) is 2. The van der Waals surface area contributed by atoms with E-state index in [1.54, 1.807) is 0 Å². The molecule has 0 aromatic heterocycles. The molecule has 0 saturated carbocycles. The third-order valence-corrected chi connectivity index (χ3v) is 4.73. The molecule has 1 aliphatic rings. The van der Waals surface area contributed by atoms with Crippen molar-refractivity contribution < 1.29 is 0 Å². The third kappa shape index (κ3) is 3.40. The molecule has 2 rings (SSSR count). The van der Waals surface area contributed by atoms with Crippen molar-refractivity contribution in [2.24, 2.45) is 5.73 Å². The second-order valence-electron chi connectivity index (χ2n) is 6.14. The molecule has 1 aliphatic heterocycles. The maximum absolute atomic E-state index is 5.64. The Morgan fingerprint density at radius 1 is 1.00 bits per heavy atom. The molecule has 0 spiro atoms. The first-order valence-corrected chi connectivity index (χ1v) is 7.77. The molecule has 1 aromatic carbocycles. The summed E-state index contributed by atoms with van der Waals surface area (Å²) in [6.07, 6.45) is 0. The molecular formula is C17H29N3. The van der Waals surface area contributed by atoms with Gasteiger partial charge in [0.1, 0.15) is 0 Å². The topological polar surface area (TPSA) is 32.5 Å². The van der Waals surface area contributed by atoms with Crippen LogP contribution in [0, 0.1) is 20.8 Å². The van der Waals surface area contributed by atoms with Crippen molar-refractivity contribution in [2.75, 3.05) is 39.3 Å². The molecule has 1 aromatic rings. The van der Waals surface area contributed by atoms with Crippen molar-refractivity contribution in [3.05, 3.63) is 34.4 Å². The first kappa shape index (κ1) is 15.5. The van der Waals surface area contributed by atoms with Gasteiger partial charge < -0.3 is 5.73 Å². The van der Waals surface area contributed by atoms with Gasteiger partial charge in [-0.15, -0.1) is 0 Å². The second-order valence-corrected chi connectivity index (χ2v) is 6.14. The maximum Gasteiger partial charge on any atom is 0.0323 e. The van der Waals surface area contributed by atoms with Crippen LogP contribution < -0.4 is 5.73 Å². The number of piperazine rings is 1. The Bertz CT molecular complexity index is 448. The summed E-state index contributed by atoms with van der Waals surface area (Å²) < 4.78 is 0. The second kappa shape index (κ2) is 6.70. The van der Waals surface area contributed by atoms with Crippen LogP contribution in [0.4, 0.5) is 0 Å². The van der Waals surface area contributed by atoms with Crippen molar-refractivity contribution >= 4 is 0 Å². The quantitative estimate of drug-likeness (QED) is 0.915. The van der Waals surface area contributed by atoms with Crippen LogP contribution in [0.3, 0.4) is 0 Å². The van der Waals surface area contributed by atoms with Gasteiger partial charge >= 0.3 is 0 Å². The lowest BCUT2D eigenvalue weighted by Crippen LogP contribution is -2.48. The van der Waals surface area contributed by atoms with Crippen LogP contribution in [-0.4, -0.2) is 49.1 Å². The minimum atomic E-state index is 0.509. The maximum atomic E-state index is 5.64. The molecule has 1 fully saturated rings. The molecule has 20 heavy (non-hydrogen) atoms. The van der Waals surface area contributed by atoms with Crippen molar-refractivity contribution in [1.82, 2.24) is 9.80 Å². The number of benzene rings is 1. The van der Waals surface area contributed by atoms with Crippen molar-refractivity contribution in [3.63, 3.8) is 0 Å². The summed E-state index contributed by atoms with van der Waals surface area (Å²) in [5.41, 5.74) is 11.3. The lowest BCUT2D eigenvalue weighted by molar-refractivity contribution is 0.104. The first-order valence-electron chi connectivity index (χ1n) is 7.77. The Balaban J connectivity index is 2.05. The summed E-state index contributed by atoms with van der Waals surface area (Å²) in [5.74, 6) is 0. The van der Waals surface area contributed by atoms with Gasteiger partial charge in [-0.05, 0) is 49.9 Å². The highest BCUT2D eigenvalue weighted by atomic mass is 15.3. The van der Waals surface area contributed by atoms with Gasteiger partial charge in [-0.1, -0.05) is 12.1 Å². The van der Waals surface area contributed by atoms with E-state index in [2.05, 4.69) is 49.6 Å². The van der Waals surface area contributed by atoms with Gasteiger partial charge in [-0.25, -0.2) is 0 Å². The zero-order valence-electron chi connectivity index (χ0n) is 13.4. The fourth-order valence-electron chi connectivity index (χ4n) is 3.19. The predicted octanol–water partition coefficient (Wildman–Crippen LogP) is 2.25. The van der Waals surface area contributed by atoms with E-state index in [-0.39, 0.29) is 0 Å². The highest BCUT2D eigenvalue weighted by Gasteiger charge is 2.22. The number of hydrogen-bond acceptors (Lipinski definition) is 3. The van der Waals surface area contributed by atoms with Crippen molar-refractivity contribution in [1.29, 1.82) is 0 Å². The van der Waals surface area contributed by atoms with Crippen LogP contribution in [0.25, 0.3) is 0 Å². The van der Waals surface area contributed by atoms with Gasteiger partial charge in [0.15, 0.2) is 0 Å². The number of hydrogen-bond donors (Lipinski definition) is 1. The molecule has 1 unspecified atom stereocenters. The molecule has 0 radical (unpaired) electrons. The average molecular weight is 275 g/mol. The van der Waals surface area contributed by atoms with Crippen molar-refractivity contribution in [3.8, 4) is 0 Å². The normalized spacial score (nSPS) is 19.2. The summed E-state index contributed by atoms with van der Waals surface area (Å²) in [4.78, 5) is 5.07. The van der Waals surface area contributed by atoms with Gasteiger partial charge in [0.2, 0.25) is 0 Å². The summed E-state index contributed by atoms with van der Waals surface area (Å²) in [6, 6.07) is 5.21. The van der Waals surface area contributed by atoms with Crippen molar-refractivity contribution in [2.45, 2.75) is 33.7 Å². The van der Waals surface area contributed by atoms with Crippen LogP contribution in [0.1, 0.15) is 35.2 Å². The molecule has 1 saturated heterocycles. The molecular weight excluding hydrogens is 246 g/mol. The summed E-state index contributed by atoms with van der Waals surface area (Å²) >= 11 is 0. The Labute approximate surface area is 123 Å². The summed E-state index contributed by atoms with van der Waals surface area (Å²) in [6.45, 7) is 15.4. The lowest BCUT2D eigenvalue weighted by atomic mass is 9.95. The molecule has 2 N–H and O–H groups in total. The van der Waals surface area contributed by atoms with Crippen LogP contribution >= 0.6 is 0 Å². The van der Waals surface area contributed by atoms with E-state index < -0.39 is 0 Å². The fraction of sp³-hybridized carbons (Fsp3) is 0.647. The van der Waals surface area contributed by atoms with E-state index in [0.717, 1.165) is 39.3 Å². The standard InChI is InChI=1S/C17H29N3/c1-13-11-15(3)17(12-14(13)2)16(4)20-9-7-19(6-5-18)8-10-20/h11-12,16H,5-10,18H2,1-4H3. The van der Waals surface area contributed by atoms with Gasteiger partial charge in [-0.2, -0.15) is 0 Å². The SMILES string of the molecule is Cc1cc(C)c(C(C)N2CCN(CCN)CC2)cc1C. The van der Waals surface area contributed by atoms with Crippen LogP contribution in [0.15, 0.2) is 12.1 Å². The Kier molecular flexibility index (Phi) is 5.19. The molecule has 0 bridgehead atoms. The van der Waals surface area contributed by atoms with E-state index >= 15 is 0 Å². The van der Waals surface area contributed by atoms with Crippen LogP contribution in [-0.2, 0) is 0 Å². The number of rotatable bonds is 4. The monoisotopic (exact) mass is 275 g/mol. The molecule has 1 atom stereocenters. The lowest BCUT2D eigenvalue weighted by Gasteiger charge is -2.38. The van der Waals surface area contributed by atoms with Gasteiger partial charge in [0.25, 0.3) is 0 Å². The highest BCUT2D eigenvalue weighted by molar-refractivity contribution is 5.38. The number of nitrogens with two attached hydrogens (primary N) is 1. The average Bonchev–Trinajstić information content (AvgIpc) is 2.43. The van der Waals surface area contributed by atoms with E-state index in [9.17, 15) is 0 Å².